The third-order valence-electron chi connectivity index (χ3n) is 2.73. The van der Waals surface area contributed by atoms with Crippen LogP contribution in [0.3, 0.4) is 0 Å². The minimum Gasteiger partial charge on any atom is -0.346 e. The standard InChI is InChI=1S/C13H17N3OS/c1-9(17)14-12(7-8-18-2)13-15-10-5-3-4-6-11(10)16-13/h3-6,12H,7-8H2,1-2H3,(H,14,17)(H,15,16)/t12-/m0/s1. The lowest BCUT2D eigenvalue weighted by Gasteiger charge is -2.14. The van der Waals surface area contributed by atoms with Gasteiger partial charge in [0.25, 0.3) is 0 Å². The zero-order valence-corrected chi connectivity index (χ0v) is 11.4. The molecule has 1 atom stereocenters. The van der Waals surface area contributed by atoms with E-state index in [4.69, 9.17) is 0 Å². The summed E-state index contributed by atoms with van der Waals surface area (Å²) in [5, 5.41) is 2.95. The van der Waals surface area contributed by atoms with Crippen LogP contribution in [-0.4, -0.2) is 27.9 Å². The van der Waals surface area contributed by atoms with Gasteiger partial charge in [-0.2, -0.15) is 11.8 Å². The van der Waals surface area contributed by atoms with Gasteiger partial charge >= 0.3 is 0 Å². The highest BCUT2D eigenvalue weighted by molar-refractivity contribution is 7.98. The summed E-state index contributed by atoms with van der Waals surface area (Å²) in [7, 11) is 0. The van der Waals surface area contributed by atoms with Crippen molar-refractivity contribution in [3.63, 3.8) is 0 Å². The Labute approximate surface area is 111 Å². The van der Waals surface area contributed by atoms with Crippen LogP contribution in [-0.2, 0) is 4.79 Å². The highest BCUT2D eigenvalue weighted by atomic mass is 32.2. The maximum Gasteiger partial charge on any atom is 0.217 e. The number of carbonyl (C=O) groups is 1. The topological polar surface area (TPSA) is 57.8 Å². The van der Waals surface area contributed by atoms with E-state index in [0.717, 1.165) is 29.0 Å². The number of H-pyrrole nitrogens is 1. The fraction of sp³-hybridized carbons (Fsp3) is 0.385. The molecule has 0 aliphatic heterocycles. The molecule has 0 aliphatic rings. The van der Waals surface area contributed by atoms with Crippen molar-refractivity contribution in [3.05, 3.63) is 30.1 Å². The number of imidazole rings is 1. The molecule has 1 aromatic carbocycles. The third-order valence-corrected chi connectivity index (χ3v) is 3.37. The molecule has 96 valence electrons. The highest BCUT2D eigenvalue weighted by Crippen LogP contribution is 2.19. The van der Waals surface area contributed by atoms with E-state index in [0.29, 0.717) is 0 Å². The number of hydrogen-bond acceptors (Lipinski definition) is 3. The number of rotatable bonds is 5. The molecule has 0 bridgehead atoms. The first-order valence-electron chi connectivity index (χ1n) is 5.91. The van der Waals surface area contributed by atoms with E-state index in [1.54, 1.807) is 11.8 Å². The van der Waals surface area contributed by atoms with Crippen LogP contribution in [0.25, 0.3) is 11.0 Å². The van der Waals surface area contributed by atoms with Gasteiger partial charge in [-0.3, -0.25) is 4.79 Å². The van der Waals surface area contributed by atoms with Crippen LogP contribution in [0, 0.1) is 0 Å². The Morgan fingerprint density at radius 2 is 2.28 bits per heavy atom. The summed E-state index contributed by atoms with van der Waals surface area (Å²) in [5.41, 5.74) is 1.94. The average Bonchev–Trinajstić information content (AvgIpc) is 2.77. The van der Waals surface area contributed by atoms with Gasteiger partial charge in [0.15, 0.2) is 0 Å². The second-order valence-electron chi connectivity index (χ2n) is 4.17. The van der Waals surface area contributed by atoms with Crippen LogP contribution in [0.2, 0.25) is 0 Å². The number of nitrogens with zero attached hydrogens (tertiary/aromatic N) is 1. The van der Waals surface area contributed by atoms with Crippen molar-refractivity contribution in [2.75, 3.05) is 12.0 Å². The van der Waals surface area contributed by atoms with Crippen LogP contribution in [0.5, 0.6) is 0 Å². The van der Waals surface area contributed by atoms with Crippen LogP contribution in [0.15, 0.2) is 24.3 Å². The van der Waals surface area contributed by atoms with Crippen molar-refractivity contribution in [3.8, 4) is 0 Å². The highest BCUT2D eigenvalue weighted by Gasteiger charge is 2.16. The number of para-hydroxylation sites is 2. The summed E-state index contributed by atoms with van der Waals surface area (Å²) in [6, 6.07) is 7.85. The van der Waals surface area contributed by atoms with Crippen molar-refractivity contribution in [2.45, 2.75) is 19.4 Å². The lowest BCUT2D eigenvalue weighted by Crippen LogP contribution is -2.27. The van der Waals surface area contributed by atoms with E-state index in [2.05, 4.69) is 21.5 Å². The van der Waals surface area contributed by atoms with Gasteiger partial charge in [0.1, 0.15) is 5.82 Å². The van der Waals surface area contributed by atoms with Crippen LogP contribution in [0.4, 0.5) is 0 Å². The van der Waals surface area contributed by atoms with Crippen LogP contribution >= 0.6 is 11.8 Å². The summed E-state index contributed by atoms with van der Waals surface area (Å²) in [4.78, 5) is 19.1. The first-order chi connectivity index (χ1) is 8.70. The molecule has 1 amide bonds. The van der Waals surface area contributed by atoms with Crippen LogP contribution in [0.1, 0.15) is 25.2 Å². The maximum atomic E-state index is 11.2. The molecular formula is C13H17N3OS. The molecule has 5 heteroatoms. The second kappa shape index (κ2) is 5.91. The molecule has 1 aromatic heterocycles. The van der Waals surface area contributed by atoms with E-state index in [1.165, 1.54) is 6.92 Å². The Kier molecular flexibility index (Phi) is 4.25. The number of aromatic nitrogens is 2. The third kappa shape index (κ3) is 3.04. The molecule has 0 radical (unpaired) electrons. The molecule has 2 N–H and O–H groups in total. The molecule has 1 heterocycles. The summed E-state index contributed by atoms with van der Waals surface area (Å²) < 4.78 is 0. The molecule has 0 saturated heterocycles. The lowest BCUT2D eigenvalue weighted by molar-refractivity contribution is -0.119. The summed E-state index contributed by atoms with van der Waals surface area (Å²) in [6.07, 6.45) is 2.93. The summed E-state index contributed by atoms with van der Waals surface area (Å²) in [5.74, 6) is 1.80. The molecule has 0 aliphatic carbocycles. The minimum absolute atomic E-state index is 0.0263. The van der Waals surface area contributed by atoms with Crippen LogP contribution < -0.4 is 5.32 Å². The largest absolute Gasteiger partial charge is 0.346 e. The molecule has 2 rings (SSSR count). The fourth-order valence-electron chi connectivity index (χ4n) is 1.90. The lowest BCUT2D eigenvalue weighted by atomic mass is 10.2. The molecule has 4 nitrogen and oxygen atoms in total. The Hall–Kier alpha value is -1.49. The number of thioether (sulfide) groups is 1. The smallest absolute Gasteiger partial charge is 0.217 e. The maximum absolute atomic E-state index is 11.2. The Balaban J connectivity index is 2.25. The number of amides is 1. The van der Waals surface area contributed by atoms with E-state index < -0.39 is 0 Å². The first-order valence-corrected chi connectivity index (χ1v) is 7.31. The quantitative estimate of drug-likeness (QED) is 0.871. The molecule has 2 aromatic rings. The summed E-state index contributed by atoms with van der Waals surface area (Å²) >= 11 is 1.77. The Bertz CT molecular complexity index is 505. The summed E-state index contributed by atoms with van der Waals surface area (Å²) in [6.45, 7) is 1.54. The number of benzene rings is 1. The van der Waals surface area contributed by atoms with E-state index >= 15 is 0 Å². The van der Waals surface area contributed by atoms with Crippen molar-refractivity contribution >= 4 is 28.7 Å². The molecule has 0 fully saturated rings. The Morgan fingerprint density at radius 1 is 1.50 bits per heavy atom. The number of nitrogens with one attached hydrogen (secondary N) is 2. The molecule has 0 spiro atoms. The molecule has 0 unspecified atom stereocenters. The number of fused-ring (bicyclic) bond motifs is 1. The number of aromatic amines is 1. The normalized spacial score (nSPS) is 12.6. The predicted octanol–water partition coefficient (Wildman–Crippen LogP) is 2.49. The first kappa shape index (κ1) is 13.0. The van der Waals surface area contributed by atoms with Gasteiger partial charge in [-0.15, -0.1) is 0 Å². The van der Waals surface area contributed by atoms with Crippen molar-refractivity contribution in [2.24, 2.45) is 0 Å². The predicted molar refractivity (Wildman–Crippen MR) is 75.7 cm³/mol. The second-order valence-corrected chi connectivity index (χ2v) is 5.16. The monoisotopic (exact) mass is 263 g/mol. The van der Waals surface area contributed by atoms with Gasteiger partial charge in [0.2, 0.25) is 5.91 Å². The van der Waals surface area contributed by atoms with Gasteiger partial charge in [-0.1, -0.05) is 12.1 Å². The van der Waals surface area contributed by atoms with Gasteiger partial charge in [0, 0.05) is 6.92 Å². The fourth-order valence-corrected chi connectivity index (χ4v) is 2.37. The van der Waals surface area contributed by atoms with Gasteiger partial charge < -0.3 is 10.3 Å². The SMILES string of the molecule is CSCC[C@H](NC(C)=O)c1nc2ccccc2[nH]1. The van der Waals surface area contributed by atoms with Gasteiger partial charge in [-0.25, -0.2) is 4.98 Å². The minimum atomic E-state index is -0.0395. The van der Waals surface area contributed by atoms with Crippen molar-refractivity contribution in [1.29, 1.82) is 0 Å². The van der Waals surface area contributed by atoms with E-state index in [1.807, 2.05) is 24.3 Å². The molecular weight excluding hydrogens is 246 g/mol. The van der Waals surface area contributed by atoms with Gasteiger partial charge in [0.05, 0.1) is 17.1 Å². The zero-order valence-electron chi connectivity index (χ0n) is 10.6. The molecule has 0 saturated carbocycles. The number of carbonyl (C=O) groups excluding carboxylic acids is 1. The van der Waals surface area contributed by atoms with Crippen molar-refractivity contribution < 1.29 is 4.79 Å². The average molecular weight is 263 g/mol. The zero-order chi connectivity index (χ0) is 13.0. The van der Waals surface area contributed by atoms with E-state index in [9.17, 15) is 4.79 Å². The van der Waals surface area contributed by atoms with Crippen molar-refractivity contribution in [1.82, 2.24) is 15.3 Å². The van der Waals surface area contributed by atoms with Gasteiger partial charge in [-0.05, 0) is 30.6 Å². The van der Waals surface area contributed by atoms with E-state index in [-0.39, 0.29) is 11.9 Å². The molecule has 18 heavy (non-hydrogen) atoms. The Morgan fingerprint density at radius 3 is 2.94 bits per heavy atom. The number of hydrogen-bond donors (Lipinski definition) is 2.